The van der Waals surface area contributed by atoms with Crippen molar-refractivity contribution in [2.75, 3.05) is 42.7 Å². The molecule has 164 valence electrons. The van der Waals surface area contributed by atoms with Gasteiger partial charge in [-0.15, -0.1) is 11.8 Å². The highest BCUT2D eigenvalue weighted by Gasteiger charge is 2.28. The number of anilines is 2. The van der Waals surface area contributed by atoms with Crippen LogP contribution in [0.3, 0.4) is 0 Å². The Hall–Kier alpha value is -2.71. The summed E-state index contributed by atoms with van der Waals surface area (Å²) in [6.07, 6.45) is 0. The zero-order valence-corrected chi connectivity index (χ0v) is 19.2. The molecule has 1 aliphatic heterocycles. The highest BCUT2D eigenvalue weighted by molar-refractivity contribution is 8.00. The first-order chi connectivity index (χ1) is 14.9. The Morgan fingerprint density at radius 3 is 2.58 bits per heavy atom. The zero-order valence-electron chi connectivity index (χ0n) is 17.6. The van der Waals surface area contributed by atoms with Gasteiger partial charge in [-0.25, -0.2) is 0 Å². The SMILES string of the molecule is CCN(CC)C(=O)c1ccc2c(c1)N(CC(=O)Nc1ccc(OC)c(Cl)c1)C(=O)CS2. The van der Waals surface area contributed by atoms with Crippen LogP contribution in [-0.2, 0) is 9.59 Å². The minimum absolute atomic E-state index is 0.104. The van der Waals surface area contributed by atoms with Gasteiger partial charge in [0.1, 0.15) is 12.3 Å². The molecule has 0 bridgehead atoms. The molecule has 1 heterocycles. The lowest BCUT2D eigenvalue weighted by Crippen LogP contribution is -2.41. The van der Waals surface area contributed by atoms with Crippen LogP contribution in [0.2, 0.25) is 5.02 Å². The standard InChI is InChI=1S/C22H24ClN3O4S/c1-4-25(5-2)22(29)14-6-9-19-17(10-14)26(21(28)13-31-19)12-20(27)24-15-7-8-18(30-3)16(23)11-15/h6-11H,4-5,12-13H2,1-3H3,(H,24,27). The number of benzene rings is 2. The molecule has 2 aromatic rings. The van der Waals surface area contributed by atoms with Crippen LogP contribution in [0.15, 0.2) is 41.3 Å². The molecule has 1 aliphatic rings. The van der Waals surface area contributed by atoms with Gasteiger partial charge in [-0.2, -0.15) is 0 Å². The van der Waals surface area contributed by atoms with Crippen molar-refractivity contribution in [3.63, 3.8) is 0 Å². The quantitative estimate of drug-likeness (QED) is 0.676. The fourth-order valence-electron chi connectivity index (χ4n) is 3.29. The lowest BCUT2D eigenvalue weighted by atomic mass is 10.1. The Morgan fingerprint density at radius 1 is 1.19 bits per heavy atom. The topological polar surface area (TPSA) is 79.0 Å². The van der Waals surface area contributed by atoms with E-state index < -0.39 is 0 Å². The Bertz CT molecular complexity index is 1010. The van der Waals surface area contributed by atoms with Crippen LogP contribution in [0.1, 0.15) is 24.2 Å². The van der Waals surface area contributed by atoms with Crippen molar-refractivity contribution in [3.8, 4) is 5.75 Å². The van der Waals surface area contributed by atoms with Crippen LogP contribution in [-0.4, -0.2) is 55.1 Å². The Morgan fingerprint density at radius 2 is 1.94 bits per heavy atom. The first-order valence-corrected chi connectivity index (χ1v) is 11.2. The zero-order chi connectivity index (χ0) is 22.5. The van der Waals surface area contributed by atoms with Crippen molar-refractivity contribution >= 4 is 52.5 Å². The van der Waals surface area contributed by atoms with Crippen LogP contribution in [0.4, 0.5) is 11.4 Å². The second kappa shape index (κ2) is 10.1. The summed E-state index contributed by atoms with van der Waals surface area (Å²) in [6.45, 7) is 4.86. The summed E-state index contributed by atoms with van der Waals surface area (Å²) in [7, 11) is 1.51. The van der Waals surface area contributed by atoms with E-state index in [0.29, 0.717) is 40.8 Å². The molecule has 0 unspecified atom stereocenters. The first kappa shape index (κ1) is 23.0. The average molecular weight is 462 g/mol. The third-order valence-electron chi connectivity index (χ3n) is 4.94. The molecule has 9 heteroatoms. The molecular weight excluding hydrogens is 438 g/mol. The van der Waals surface area contributed by atoms with E-state index in [2.05, 4.69) is 5.32 Å². The third-order valence-corrected chi connectivity index (χ3v) is 6.28. The number of nitrogens with one attached hydrogen (secondary N) is 1. The van der Waals surface area contributed by atoms with Gasteiger partial charge < -0.3 is 19.9 Å². The molecule has 0 saturated heterocycles. The number of methoxy groups -OCH3 is 1. The number of amides is 3. The number of hydrogen-bond donors (Lipinski definition) is 1. The van der Waals surface area contributed by atoms with Gasteiger partial charge in [0.2, 0.25) is 11.8 Å². The maximum Gasteiger partial charge on any atom is 0.253 e. The third kappa shape index (κ3) is 5.14. The summed E-state index contributed by atoms with van der Waals surface area (Å²) in [4.78, 5) is 42.0. The normalized spacial score (nSPS) is 12.9. The van der Waals surface area contributed by atoms with Crippen LogP contribution < -0.4 is 15.0 Å². The van der Waals surface area contributed by atoms with E-state index in [1.54, 1.807) is 35.2 Å². The molecule has 0 spiro atoms. The molecular formula is C22H24ClN3O4S. The number of nitrogens with zero attached hydrogens (tertiary/aromatic N) is 2. The molecule has 0 saturated carbocycles. The van der Waals surface area contributed by atoms with Gasteiger partial charge in [-0.1, -0.05) is 11.6 Å². The minimum atomic E-state index is -0.368. The van der Waals surface area contributed by atoms with E-state index in [1.807, 2.05) is 19.9 Å². The first-order valence-electron chi connectivity index (χ1n) is 9.87. The molecule has 0 aromatic heterocycles. The predicted molar refractivity (Wildman–Crippen MR) is 123 cm³/mol. The van der Waals surface area contributed by atoms with Crippen molar-refractivity contribution < 1.29 is 19.1 Å². The number of ether oxygens (including phenoxy) is 1. The van der Waals surface area contributed by atoms with Gasteiger partial charge in [0.05, 0.1) is 23.6 Å². The van der Waals surface area contributed by atoms with Gasteiger partial charge in [-0.05, 0) is 50.2 Å². The molecule has 7 nitrogen and oxygen atoms in total. The summed E-state index contributed by atoms with van der Waals surface area (Å²) < 4.78 is 5.11. The van der Waals surface area contributed by atoms with Crippen LogP contribution in [0, 0.1) is 0 Å². The summed E-state index contributed by atoms with van der Waals surface area (Å²) in [5.74, 6) is 0.0777. The minimum Gasteiger partial charge on any atom is -0.495 e. The number of halogens is 1. The predicted octanol–water partition coefficient (Wildman–Crippen LogP) is 3.91. The summed E-state index contributed by atoms with van der Waals surface area (Å²) in [5.41, 5.74) is 1.56. The molecule has 31 heavy (non-hydrogen) atoms. The van der Waals surface area contributed by atoms with Crippen LogP contribution >= 0.6 is 23.4 Å². The van der Waals surface area contributed by atoms with Gasteiger partial charge in [0, 0.05) is 29.2 Å². The smallest absolute Gasteiger partial charge is 0.253 e. The maximum absolute atomic E-state index is 12.7. The highest BCUT2D eigenvalue weighted by atomic mass is 35.5. The molecule has 1 N–H and O–H groups in total. The van der Waals surface area contributed by atoms with Crippen molar-refractivity contribution in [3.05, 3.63) is 47.0 Å². The molecule has 0 radical (unpaired) electrons. The average Bonchev–Trinajstić information content (AvgIpc) is 2.76. The van der Waals surface area contributed by atoms with Crippen molar-refractivity contribution in [2.24, 2.45) is 0 Å². The van der Waals surface area contributed by atoms with Gasteiger partial charge in [-0.3, -0.25) is 14.4 Å². The molecule has 2 aromatic carbocycles. The maximum atomic E-state index is 12.7. The molecule has 0 atom stereocenters. The summed E-state index contributed by atoms with van der Waals surface area (Å²) in [6, 6.07) is 10.2. The second-order valence-corrected chi connectivity index (χ2v) is 8.25. The molecule has 3 rings (SSSR count). The lowest BCUT2D eigenvalue weighted by Gasteiger charge is -2.29. The van der Waals surface area contributed by atoms with E-state index >= 15 is 0 Å². The van der Waals surface area contributed by atoms with Crippen molar-refractivity contribution in [1.82, 2.24) is 4.90 Å². The van der Waals surface area contributed by atoms with E-state index in [1.165, 1.54) is 23.8 Å². The monoisotopic (exact) mass is 461 g/mol. The van der Waals surface area contributed by atoms with Crippen molar-refractivity contribution in [2.45, 2.75) is 18.7 Å². The Labute approximate surface area is 190 Å². The summed E-state index contributed by atoms with van der Waals surface area (Å²) >= 11 is 7.51. The molecule has 0 fully saturated rings. The fraction of sp³-hybridized carbons (Fsp3) is 0.318. The van der Waals surface area contributed by atoms with E-state index in [9.17, 15) is 14.4 Å². The Balaban J connectivity index is 1.81. The van der Waals surface area contributed by atoms with Crippen LogP contribution in [0.25, 0.3) is 0 Å². The second-order valence-electron chi connectivity index (χ2n) is 6.83. The number of fused-ring (bicyclic) bond motifs is 1. The number of carbonyl (C=O) groups excluding carboxylic acids is 3. The van der Waals surface area contributed by atoms with E-state index in [-0.39, 0.29) is 30.0 Å². The van der Waals surface area contributed by atoms with E-state index in [4.69, 9.17) is 16.3 Å². The number of rotatable bonds is 7. The van der Waals surface area contributed by atoms with Gasteiger partial charge in [0.15, 0.2) is 0 Å². The van der Waals surface area contributed by atoms with E-state index in [0.717, 1.165) is 4.90 Å². The van der Waals surface area contributed by atoms with Gasteiger partial charge >= 0.3 is 0 Å². The summed E-state index contributed by atoms with van der Waals surface area (Å²) in [5, 5.41) is 3.12. The fourth-order valence-corrected chi connectivity index (χ4v) is 4.46. The highest BCUT2D eigenvalue weighted by Crippen LogP contribution is 2.36. The Kier molecular flexibility index (Phi) is 7.46. The lowest BCUT2D eigenvalue weighted by molar-refractivity contribution is -0.120. The largest absolute Gasteiger partial charge is 0.495 e. The van der Waals surface area contributed by atoms with Crippen LogP contribution in [0.5, 0.6) is 5.75 Å². The number of thioether (sulfide) groups is 1. The van der Waals surface area contributed by atoms with Gasteiger partial charge in [0.25, 0.3) is 5.91 Å². The molecule has 3 amide bonds. The number of carbonyl (C=O) groups is 3. The number of hydrogen-bond acceptors (Lipinski definition) is 5. The van der Waals surface area contributed by atoms with Crippen molar-refractivity contribution in [1.29, 1.82) is 0 Å². The molecule has 0 aliphatic carbocycles.